The average Bonchev–Trinajstić information content (AvgIpc) is 2.25. The summed E-state index contributed by atoms with van der Waals surface area (Å²) in [6, 6.07) is 0.560. The Kier molecular flexibility index (Phi) is 7.09. The lowest BCUT2D eigenvalue weighted by Crippen LogP contribution is -2.35. The van der Waals surface area contributed by atoms with Gasteiger partial charge in [0, 0.05) is 12.6 Å². The number of hydrogen-bond donors (Lipinski definition) is 1. The first kappa shape index (κ1) is 14.9. The highest BCUT2D eigenvalue weighted by Crippen LogP contribution is 2.21. The van der Waals surface area contributed by atoms with Gasteiger partial charge >= 0.3 is 0 Å². The number of ether oxygens (including phenoxy) is 2. The summed E-state index contributed by atoms with van der Waals surface area (Å²) in [6.07, 6.45) is 5.47. The van der Waals surface area contributed by atoms with E-state index in [-0.39, 0.29) is 0 Å². The molecule has 0 aromatic rings. The quantitative estimate of drug-likeness (QED) is 0.746. The third-order valence-electron chi connectivity index (χ3n) is 3.30. The van der Waals surface area contributed by atoms with Crippen LogP contribution in [0.1, 0.15) is 53.4 Å². The normalized spacial score (nSPS) is 31.4. The second kappa shape index (κ2) is 8.06. The highest BCUT2D eigenvalue weighted by molar-refractivity contribution is 4.74. The molecule has 1 N–H and O–H groups in total. The molecule has 1 fully saturated rings. The van der Waals surface area contributed by atoms with Gasteiger partial charge < -0.3 is 14.8 Å². The van der Waals surface area contributed by atoms with Crippen molar-refractivity contribution in [1.82, 2.24) is 5.32 Å². The van der Waals surface area contributed by atoms with Crippen molar-refractivity contribution in [3.63, 3.8) is 0 Å². The van der Waals surface area contributed by atoms with Gasteiger partial charge in [0.05, 0.1) is 18.3 Å². The molecule has 3 heteroatoms. The van der Waals surface area contributed by atoms with Crippen LogP contribution in [-0.4, -0.2) is 37.5 Å². The molecule has 0 amide bonds. The van der Waals surface area contributed by atoms with Crippen LogP contribution < -0.4 is 5.32 Å². The topological polar surface area (TPSA) is 30.5 Å². The van der Waals surface area contributed by atoms with Gasteiger partial charge in [-0.15, -0.1) is 0 Å². The molecule has 1 rings (SSSR count). The molecule has 1 saturated heterocycles. The molecule has 17 heavy (non-hydrogen) atoms. The second-order valence-corrected chi connectivity index (χ2v) is 5.37. The third-order valence-corrected chi connectivity index (χ3v) is 3.30. The van der Waals surface area contributed by atoms with Crippen molar-refractivity contribution in [2.75, 3.05) is 13.2 Å². The summed E-state index contributed by atoms with van der Waals surface area (Å²) in [4.78, 5) is 0. The Balaban J connectivity index is 2.09. The van der Waals surface area contributed by atoms with E-state index in [9.17, 15) is 0 Å². The maximum absolute atomic E-state index is 5.95. The Bertz CT molecular complexity index is 189. The Labute approximate surface area is 106 Å². The molecule has 102 valence electrons. The lowest BCUT2D eigenvalue weighted by atomic mass is 10.0. The monoisotopic (exact) mass is 243 g/mol. The van der Waals surface area contributed by atoms with Crippen LogP contribution in [0.5, 0.6) is 0 Å². The summed E-state index contributed by atoms with van der Waals surface area (Å²) in [5, 5.41) is 3.48. The number of rotatable bonds is 7. The van der Waals surface area contributed by atoms with E-state index < -0.39 is 0 Å². The predicted octanol–water partition coefficient (Wildman–Crippen LogP) is 2.74. The van der Waals surface area contributed by atoms with Crippen LogP contribution >= 0.6 is 0 Å². The van der Waals surface area contributed by atoms with Gasteiger partial charge in [-0.1, -0.05) is 6.92 Å². The van der Waals surface area contributed by atoms with Gasteiger partial charge in [-0.25, -0.2) is 0 Å². The van der Waals surface area contributed by atoms with Crippen LogP contribution in [0.3, 0.4) is 0 Å². The first-order valence-corrected chi connectivity index (χ1v) is 7.12. The summed E-state index contributed by atoms with van der Waals surface area (Å²) in [5.41, 5.74) is 0. The van der Waals surface area contributed by atoms with Crippen molar-refractivity contribution in [1.29, 1.82) is 0 Å². The van der Waals surface area contributed by atoms with E-state index in [1.54, 1.807) is 0 Å². The van der Waals surface area contributed by atoms with E-state index in [0.717, 1.165) is 32.4 Å². The molecule has 0 spiro atoms. The van der Waals surface area contributed by atoms with E-state index in [4.69, 9.17) is 9.47 Å². The SMILES string of the molecule is CCCNC(C)CCOC1CC(C)OC(C)C1. The maximum Gasteiger partial charge on any atom is 0.0624 e. The Morgan fingerprint density at radius 2 is 1.94 bits per heavy atom. The van der Waals surface area contributed by atoms with Gasteiger partial charge in [0.2, 0.25) is 0 Å². The Morgan fingerprint density at radius 3 is 2.53 bits per heavy atom. The summed E-state index contributed by atoms with van der Waals surface area (Å²) < 4.78 is 11.7. The minimum Gasteiger partial charge on any atom is -0.378 e. The van der Waals surface area contributed by atoms with E-state index in [0.29, 0.717) is 24.4 Å². The van der Waals surface area contributed by atoms with E-state index in [1.165, 1.54) is 6.42 Å². The average molecular weight is 243 g/mol. The molecule has 0 radical (unpaired) electrons. The fourth-order valence-electron chi connectivity index (χ4n) is 2.38. The van der Waals surface area contributed by atoms with Crippen molar-refractivity contribution in [2.45, 2.75) is 77.7 Å². The van der Waals surface area contributed by atoms with Crippen molar-refractivity contribution >= 4 is 0 Å². The molecular formula is C14H29NO2. The highest BCUT2D eigenvalue weighted by atomic mass is 16.5. The van der Waals surface area contributed by atoms with Crippen molar-refractivity contribution in [2.24, 2.45) is 0 Å². The molecule has 3 atom stereocenters. The van der Waals surface area contributed by atoms with Crippen molar-refractivity contribution < 1.29 is 9.47 Å². The Hall–Kier alpha value is -0.120. The lowest BCUT2D eigenvalue weighted by Gasteiger charge is -2.32. The Morgan fingerprint density at radius 1 is 1.29 bits per heavy atom. The predicted molar refractivity (Wildman–Crippen MR) is 71.4 cm³/mol. The fraction of sp³-hybridized carbons (Fsp3) is 1.00. The summed E-state index contributed by atoms with van der Waals surface area (Å²) in [5.74, 6) is 0. The molecule has 1 heterocycles. The molecule has 0 aromatic carbocycles. The molecule has 0 bridgehead atoms. The van der Waals surface area contributed by atoms with Gasteiger partial charge in [-0.3, -0.25) is 0 Å². The minimum absolute atomic E-state index is 0.347. The molecule has 0 aromatic heterocycles. The minimum atomic E-state index is 0.347. The van der Waals surface area contributed by atoms with Gasteiger partial charge in [0.1, 0.15) is 0 Å². The molecule has 3 nitrogen and oxygen atoms in total. The van der Waals surface area contributed by atoms with Crippen LogP contribution in [0.15, 0.2) is 0 Å². The molecule has 3 unspecified atom stereocenters. The second-order valence-electron chi connectivity index (χ2n) is 5.37. The van der Waals surface area contributed by atoms with Gasteiger partial charge in [0.25, 0.3) is 0 Å². The number of nitrogens with one attached hydrogen (secondary N) is 1. The van der Waals surface area contributed by atoms with Crippen LogP contribution in [0.4, 0.5) is 0 Å². The maximum atomic E-state index is 5.95. The molecule has 1 aliphatic heterocycles. The van der Waals surface area contributed by atoms with E-state index in [2.05, 4.69) is 33.0 Å². The molecular weight excluding hydrogens is 214 g/mol. The first-order valence-electron chi connectivity index (χ1n) is 7.12. The smallest absolute Gasteiger partial charge is 0.0624 e. The van der Waals surface area contributed by atoms with Crippen LogP contribution in [0.2, 0.25) is 0 Å². The summed E-state index contributed by atoms with van der Waals surface area (Å²) in [6.45, 7) is 10.7. The highest BCUT2D eigenvalue weighted by Gasteiger charge is 2.24. The zero-order valence-corrected chi connectivity index (χ0v) is 11.9. The number of hydrogen-bond acceptors (Lipinski definition) is 3. The summed E-state index contributed by atoms with van der Waals surface area (Å²) >= 11 is 0. The van der Waals surface area contributed by atoms with Crippen LogP contribution in [0, 0.1) is 0 Å². The largest absolute Gasteiger partial charge is 0.378 e. The van der Waals surface area contributed by atoms with E-state index >= 15 is 0 Å². The van der Waals surface area contributed by atoms with Crippen LogP contribution in [0.25, 0.3) is 0 Å². The standard InChI is InChI=1S/C14H29NO2/c1-5-7-15-11(2)6-8-16-14-9-12(3)17-13(4)10-14/h11-15H,5-10H2,1-4H3. The molecule has 1 aliphatic rings. The fourth-order valence-corrected chi connectivity index (χ4v) is 2.38. The zero-order valence-electron chi connectivity index (χ0n) is 11.9. The van der Waals surface area contributed by atoms with Gasteiger partial charge in [-0.2, -0.15) is 0 Å². The zero-order chi connectivity index (χ0) is 12.7. The molecule has 0 saturated carbocycles. The van der Waals surface area contributed by atoms with Gasteiger partial charge in [0.15, 0.2) is 0 Å². The van der Waals surface area contributed by atoms with Crippen molar-refractivity contribution in [3.8, 4) is 0 Å². The van der Waals surface area contributed by atoms with Crippen molar-refractivity contribution in [3.05, 3.63) is 0 Å². The van der Waals surface area contributed by atoms with Gasteiger partial charge in [-0.05, 0) is 53.0 Å². The van der Waals surface area contributed by atoms with Crippen LogP contribution in [-0.2, 0) is 9.47 Å². The first-order chi connectivity index (χ1) is 8.11. The van der Waals surface area contributed by atoms with E-state index in [1.807, 2.05) is 0 Å². The molecule has 0 aliphatic carbocycles. The summed E-state index contributed by atoms with van der Waals surface area (Å²) in [7, 11) is 0. The third kappa shape index (κ3) is 6.39. The lowest BCUT2D eigenvalue weighted by molar-refractivity contribution is -0.102.